The largest absolute Gasteiger partial charge is 0.297 e. The Morgan fingerprint density at radius 3 is 2.30 bits per heavy atom. The number of nitrogens with one attached hydrogen (secondary N) is 1. The number of unbranched alkanes of at least 4 members (excludes halogenated alkanes) is 1. The molecule has 3 rings (SSSR count). The van der Waals surface area contributed by atoms with E-state index in [2.05, 4.69) is 37.6 Å². The number of rotatable bonds is 4. The summed E-state index contributed by atoms with van der Waals surface area (Å²) in [6, 6.07) is 1.86. The number of nitrogens with zero attached hydrogens (tertiary/aromatic N) is 2. The summed E-state index contributed by atoms with van der Waals surface area (Å²) in [6.45, 7) is 16.2. The minimum Gasteiger partial charge on any atom is -0.297 e. The molecule has 0 spiro atoms. The van der Waals surface area contributed by atoms with Gasteiger partial charge in [0.25, 0.3) is 5.91 Å². The molecule has 2 aliphatic rings. The smallest absolute Gasteiger partial charge is 0.276 e. The number of aromatic nitrogens is 1. The van der Waals surface area contributed by atoms with Gasteiger partial charge in [-0.2, -0.15) is 0 Å². The summed E-state index contributed by atoms with van der Waals surface area (Å²) in [6.07, 6.45) is 10.6. The molecule has 1 amide bonds. The Bertz CT molecular complexity index is 606. The lowest BCUT2D eigenvalue weighted by Gasteiger charge is -2.32. The van der Waals surface area contributed by atoms with Crippen molar-refractivity contribution in [3.63, 3.8) is 0 Å². The summed E-state index contributed by atoms with van der Waals surface area (Å²) in [7, 11) is 0. The SMILES string of the molecule is CC.CC1CCC(C)CC(CN2CCc3cc(C(=O)NO)cnc3C2)C1.CCCC. The molecule has 1 saturated carbocycles. The van der Waals surface area contributed by atoms with Gasteiger partial charge >= 0.3 is 0 Å². The fourth-order valence-electron chi connectivity index (χ4n) is 4.36. The zero-order valence-corrected chi connectivity index (χ0v) is 20.2. The Hall–Kier alpha value is -1.46. The maximum absolute atomic E-state index is 11.5. The molecule has 5 heteroatoms. The van der Waals surface area contributed by atoms with E-state index in [1.165, 1.54) is 38.5 Å². The Labute approximate surface area is 184 Å². The molecule has 2 atom stereocenters. The van der Waals surface area contributed by atoms with Crippen molar-refractivity contribution in [2.45, 2.75) is 93.0 Å². The van der Waals surface area contributed by atoms with Gasteiger partial charge in [0.15, 0.2) is 0 Å². The number of hydrogen-bond donors (Lipinski definition) is 2. The summed E-state index contributed by atoms with van der Waals surface area (Å²) in [5.74, 6) is 1.98. The van der Waals surface area contributed by atoms with Crippen LogP contribution in [0.5, 0.6) is 0 Å². The maximum Gasteiger partial charge on any atom is 0.276 e. The number of amides is 1. The van der Waals surface area contributed by atoms with E-state index in [4.69, 9.17) is 5.21 Å². The molecule has 2 unspecified atom stereocenters. The van der Waals surface area contributed by atoms with E-state index in [-0.39, 0.29) is 0 Å². The van der Waals surface area contributed by atoms with Crippen molar-refractivity contribution in [2.75, 3.05) is 13.1 Å². The Morgan fingerprint density at radius 2 is 1.77 bits per heavy atom. The quantitative estimate of drug-likeness (QED) is 0.365. The first-order valence-corrected chi connectivity index (χ1v) is 12.1. The molecular formula is C25H45N3O2. The molecule has 2 N–H and O–H groups in total. The third-order valence-electron chi connectivity index (χ3n) is 6.13. The highest BCUT2D eigenvalue weighted by Gasteiger charge is 2.26. The topological polar surface area (TPSA) is 65.5 Å². The van der Waals surface area contributed by atoms with Gasteiger partial charge in [0.1, 0.15) is 0 Å². The first-order chi connectivity index (χ1) is 14.5. The van der Waals surface area contributed by atoms with Crippen LogP contribution in [0.4, 0.5) is 0 Å². The first kappa shape index (κ1) is 26.6. The molecule has 2 heterocycles. The van der Waals surface area contributed by atoms with Gasteiger partial charge in [-0.25, -0.2) is 5.48 Å². The van der Waals surface area contributed by atoms with Crippen LogP contribution in [0.1, 0.15) is 102 Å². The van der Waals surface area contributed by atoms with Crippen LogP contribution in [0, 0.1) is 17.8 Å². The number of hydroxylamine groups is 1. The summed E-state index contributed by atoms with van der Waals surface area (Å²) in [5.41, 5.74) is 4.31. The molecule has 0 bridgehead atoms. The number of pyridine rings is 1. The highest BCUT2D eigenvalue weighted by atomic mass is 16.5. The summed E-state index contributed by atoms with van der Waals surface area (Å²) in [4.78, 5) is 18.5. The van der Waals surface area contributed by atoms with E-state index in [9.17, 15) is 4.79 Å². The zero-order chi connectivity index (χ0) is 22.5. The summed E-state index contributed by atoms with van der Waals surface area (Å²) in [5, 5.41) is 8.75. The Kier molecular flexibility index (Phi) is 12.9. The molecule has 0 saturated heterocycles. The van der Waals surface area contributed by atoms with Crippen molar-refractivity contribution in [1.82, 2.24) is 15.4 Å². The fourth-order valence-corrected chi connectivity index (χ4v) is 4.36. The molecule has 1 aliphatic heterocycles. The van der Waals surface area contributed by atoms with Crippen LogP contribution in [-0.2, 0) is 13.0 Å². The van der Waals surface area contributed by atoms with Crippen molar-refractivity contribution in [1.29, 1.82) is 0 Å². The van der Waals surface area contributed by atoms with Gasteiger partial charge < -0.3 is 0 Å². The van der Waals surface area contributed by atoms with Crippen LogP contribution in [0.2, 0.25) is 0 Å². The van der Waals surface area contributed by atoms with Gasteiger partial charge in [-0.1, -0.05) is 67.2 Å². The first-order valence-electron chi connectivity index (χ1n) is 12.1. The van der Waals surface area contributed by atoms with Crippen molar-refractivity contribution in [3.8, 4) is 0 Å². The monoisotopic (exact) mass is 419 g/mol. The standard InChI is InChI=1S/C19H29N3O2.C4H10.C2H6/c1-13-3-4-14(2)8-15(7-13)11-22-6-5-16-9-17(19(23)21-24)10-20-18(16)12-22;1-3-4-2;1-2/h9-10,13-15,24H,3-8,11-12H2,1-2H3,(H,21,23);3-4H2,1-2H3;1-2H3. The normalized spacial score (nSPS) is 23.6. The van der Waals surface area contributed by atoms with Crippen LogP contribution in [0.15, 0.2) is 12.3 Å². The lowest BCUT2D eigenvalue weighted by molar-refractivity contribution is 0.0705. The molecule has 0 aromatic carbocycles. The molecule has 1 aromatic rings. The molecule has 172 valence electrons. The third-order valence-corrected chi connectivity index (χ3v) is 6.13. The minimum atomic E-state index is -0.492. The van der Waals surface area contributed by atoms with Crippen molar-refractivity contribution in [3.05, 3.63) is 29.1 Å². The summed E-state index contributed by atoms with van der Waals surface area (Å²) >= 11 is 0. The molecule has 30 heavy (non-hydrogen) atoms. The lowest BCUT2D eigenvalue weighted by Crippen LogP contribution is -2.36. The lowest BCUT2D eigenvalue weighted by atomic mass is 9.91. The van der Waals surface area contributed by atoms with Crippen LogP contribution in [-0.4, -0.2) is 34.1 Å². The Morgan fingerprint density at radius 1 is 1.17 bits per heavy atom. The van der Waals surface area contributed by atoms with Crippen molar-refractivity contribution < 1.29 is 10.0 Å². The number of hydrogen-bond acceptors (Lipinski definition) is 4. The van der Waals surface area contributed by atoms with Crippen molar-refractivity contribution >= 4 is 5.91 Å². The second kappa shape index (κ2) is 14.5. The van der Waals surface area contributed by atoms with E-state index in [1.54, 1.807) is 11.7 Å². The molecule has 0 radical (unpaired) electrons. The van der Waals surface area contributed by atoms with Gasteiger partial charge in [0.2, 0.25) is 0 Å². The number of fused-ring (bicyclic) bond motifs is 1. The van der Waals surface area contributed by atoms with Gasteiger partial charge in [-0.05, 0) is 48.6 Å². The molecular weight excluding hydrogens is 374 g/mol. The van der Waals surface area contributed by atoms with Crippen LogP contribution in [0.3, 0.4) is 0 Å². The predicted molar refractivity (Wildman–Crippen MR) is 125 cm³/mol. The summed E-state index contributed by atoms with van der Waals surface area (Å²) < 4.78 is 0. The average molecular weight is 420 g/mol. The van der Waals surface area contributed by atoms with Gasteiger partial charge in [0.05, 0.1) is 11.3 Å². The molecule has 1 fully saturated rings. The highest BCUT2D eigenvalue weighted by molar-refractivity contribution is 5.93. The van der Waals surface area contributed by atoms with E-state index < -0.39 is 5.91 Å². The van der Waals surface area contributed by atoms with Gasteiger partial charge in [-0.3, -0.25) is 19.9 Å². The van der Waals surface area contributed by atoms with E-state index in [1.807, 2.05) is 19.9 Å². The second-order valence-corrected chi connectivity index (χ2v) is 8.88. The van der Waals surface area contributed by atoms with E-state index in [0.29, 0.717) is 5.56 Å². The zero-order valence-electron chi connectivity index (χ0n) is 20.2. The fraction of sp³-hybridized carbons (Fsp3) is 0.760. The molecule has 1 aliphatic carbocycles. The maximum atomic E-state index is 11.5. The van der Waals surface area contributed by atoms with Crippen molar-refractivity contribution in [2.24, 2.45) is 17.8 Å². The van der Waals surface area contributed by atoms with Crippen LogP contribution < -0.4 is 5.48 Å². The third kappa shape index (κ3) is 8.73. The number of carbonyl (C=O) groups excluding carboxylic acids is 1. The van der Waals surface area contributed by atoms with Crippen LogP contribution >= 0.6 is 0 Å². The molecule has 5 nitrogen and oxygen atoms in total. The Balaban J connectivity index is 0.000000673. The average Bonchev–Trinajstić information content (AvgIpc) is 2.93. The van der Waals surface area contributed by atoms with E-state index >= 15 is 0 Å². The molecule has 1 aromatic heterocycles. The predicted octanol–water partition coefficient (Wildman–Crippen LogP) is 5.85. The van der Waals surface area contributed by atoms with Gasteiger partial charge in [0, 0.05) is 25.8 Å². The second-order valence-electron chi connectivity index (χ2n) is 8.88. The number of carbonyl (C=O) groups is 1. The minimum absolute atomic E-state index is 0.427. The van der Waals surface area contributed by atoms with Gasteiger partial charge in [-0.15, -0.1) is 0 Å². The van der Waals surface area contributed by atoms with E-state index in [0.717, 1.165) is 55.1 Å². The highest BCUT2D eigenvalue weighted by Crippen LogP contribution is 2.32. The van der Waals surface area contributed by atoms with Crippen LogP contribution in [0.25, 0.3) is 0 Å².